The number of hydrogen-bond donors (Lipinski definition) is 1. The third-order valence-electron chi connectivity index (χ3n) is 5.18. The standard InChI is InChI=1S/C22H20N4O4S/c1-15-22(24-31(29,30)20-12-10-19(11-13-20)26(27)28)16(2)25(23-15)14-18-8-5-7-17-6-3-4-9-21(17)18/h3-13,24H,14H2,1-2H3. The highest BCUT2D eigenvalue weighted by molar-refractivity contribution is 7.92. The zero-order valence-electron chi connectivity index (χ0n) is 16.9. The molecule has 8 nitrogen and oxygen atoms in total. The topological polar surface area (TPSA) is 107 Å². The van der Waals surface area contributed by atoms with Crippen molar-refractivity contribution in [3.8, 4) is 0 Å². The number of anilines is 1. The molecule has 0 radical (unpaired) electrons. The van der Waals surface area contributed by atoms with E-state index in [4.69, 9.17) is 0 Å². The number of fused-ring (bicyclic) bond motifs is 1. The van der Waals surface area contributed by atoms with Gasteiger partial charge in [-0.15, -0.1) is 0 Å². The number of aromatic nitrogens is 2. The molecular formula is C22H20N4O4S. The number of nitro groups is 1. The zero-order chi connectivity index (χ0) is 22.2. The Balaban J connectivity index is 1.64. The molecule has 9 heteroatoms. The van der Waals surface area contributed by atoms with Crippen molar-refractivity contribution in [1.29, 1.82) is 0 Å². The number of nitrogens with zero attached hydrogens (tertiary/aromatic N) is 3. The van der Waals surface area contributed by atoms with Gasteiger partial charge in [-0.25, -0.2) is 8.42 Å². The van der Waals surface area contributed by atoms with Crippen LogP contribution in [0.4, 0.5) is 11.4 Å². The van der Waals surface area contributed by atoms with Gasteiger partial charge in [-0.05, 0) is 42.3 Å². The summed E-state index contributed by atoms with van der Waals surface area (Å²) in [5.41, 5.74) is 2.53. The second-order valence-electron chi connectivity index (χ2n) is 7.20. The second kappa shape index (κ2) is 7.84. The number of nitro benzene ring substituents is 1. The lowest BCUT2D eigenvalue weighted by Crippen LogP contribution is -2.14. The highest BCUT2D eigenvalue weighted by Crippen LogP contribution is 2.26. The Bertz CT molecular complexity index is 1390. The number of benzene rings is 3. The average Bonchev–Trinajstić information content (AvgIpc) is 3.01. The Kier molecular flexibility index (Phi) is 5.20. The molecule has 1 heterocycles. The summed E-state index contributed by atoms with van der Waals surface area (Å²) in [7, 11) is -3.92. The Morgan fingerprint density at radius 3 is 2.39 bits per heavy atom. The highest BCUT2D eigenvalue weighted by atomic mass is 32.2. The van der Waals surface area contributed by atoms with Gasteiger partial charge in [-0.3, -0.25) is 19.5 Å². The van der Waals surface area contributed by atoms with Crippen LogP contribution in [-0.2, 0) is 16.6 Å². The van der Waals surface area contributed by atoms with Gasteiger partial charge in [-0.1, -0.05) is 42.5 Å². The molecule has 158 valence electrons. The van der Waals surface area contributed by atoms with Crippen molar-refractivity contribution < 1.29 is 13.3 Å². The minimum Gasteiger partial charge on any atom is -0.276 e. The summed E-state index contributed by atoms with van der Waals surface area (Å²) in [5, 5.41) is 17.6. The quantitative estimate of drug-likeness (QED) is 0.356. The predicted molar refractivity (Wildman–Crippen MR) is 119 cm³/mol. The minimum atomic E-state index is -3.92. The van der Waals surface area contributed by atoms with Gasteiger partial charge in [-0.2, -0.15) is 5.10 Å². The molecule has 0 amide bonds. The maximum Gasteiger partial charge on any atom is 0.269 e. The van der Waals surface area contributed by atoms with Crippen molar-refractivity contribution in [3.63, 3.8) is 0 Å². The molecule has 0 bridgehead atoms. The summed E-state index contributed by atoms with van der Waals surface area (Å²) in [6.07, 6.45) is 0. The smallest absolute Gasteiger partial charge is 0.269 e. The molecule has 0 saturated heterocycles. The number of rotatable bonds is 6. The number of nitrogens with one attached hydrogen (secondary N) is 1. The van der Waals surface area contributed by atoms with Crippen LogP contribution < -0.4 is 4.72 Å². The number of sulfonamides is 1. The summed E-state index contributed by atoms with van der Waals surface area (Å²) in [4.78, 5) is 10.2. The predicted octanol–water partition coefficient (Wildman–Crippen LogP) is 4.41. The highest BCUT2D eigenvalue weighted by Gasteiger charge is 2.21. The molecule has 3 aromatic carbocycles. The van der Waals surface area contributed by atoms with Crippen LogP contribution in [-0.4, -0.2) is 23.1 Å². The lowest BCUT2D eigenvalue weighted by molar-refractivity contribution is -0.384. The summed E-state index contributed by atoms with van der Waals surface area (Å²) >= 11 is 0. The molecule has 0 aliphatic rings. The molecule has 0 aliphatic carbocycles. The van der Waals surface area contributed by atoms with Crippen LogP contribution in [0.25, 0.3) is 10.8 Å². The van der Waals surface area contributed by atoms with E-state index < -0.39 is 14.9 Å². The summed E-state index contributed by atoms with van der Waals surface area (Å²) in [6, 6.07) is 18.9. The first-order chi connectivity index (χ1) is 14.8. The average molecular weight is 436 g/mol. The van der Waals surface area contributed by atoms with Crippen molar-refractivity contribution >= 4 is 32.2 Å². The van der Waals surface area contributed by atoms with Gasteiger partial charge in [0.15, 0.2) is 0 Å². The minimum absolute atomic E-state index is 0.0568. The lowest BCUT2D eigenvalue weighted by Gasteiger charge is -2.10. The van der Waals surface area contributed by atoms with Gasteiger partial charge in [0.2, 0.25) is 0 Å². The van der Waals surface area contributed by atoms with E-state index in [-0.39, 0.29) is 10.6 Å². The summed E-state index contributed by atoms with van der Waals surface area (Å²) in [6.45, 7) is 4.03. The number of non-ortho nitro benzene ring substituents is 1. The monoisotopic (exact) mass is 436 g/mol. The van der Waals surface area contributed by atoms with Crippen molar-refractivity contribution in [2.75, 3.05) is 4.72 Å². The van der Waals surface area contributed by atoms with Crippen LogP contribution in [0, 0.1) is 24.0 Å². The molecule has 0 unspecified atom stereocenters. The van der Waals surface area contributed by atoms with Crippen molar-refractivity contribution in [2.24, 2.45) is 0 Å². The number of aryl methyl sites for hydroxylation is 1. The van der Waals surface area contributed by atoms with Gasteiger partial charge in [0, 0.05) is 12.1 Å². The fourth-order valence-electron chi connectivity index (χ4n) is 3.53. The molecule has 0 spiro atoms. The first-order valence-electron chi connectivity index (χ1n) is 9.54. The molecule has 0 atom stereocenters. The Morgan fingerprint density at radius 2 is 1.68 bits per heavy atom. The van der Waals surface area contributed by atoms with E-state index in [9.17, 15) is 18.5 Å². The first kappa shape index (κ1) is 20.5. The Hall–Kier alpha value is -3.72. The fraction of sp³-hybridized carbons (Fsp3) is 0.136. The molecule has 4 aromatic rings. The Labute approximate surface area is 179 Å². The largest absolute Gasteiger partial charge is 0.276 e. The van der Waals surface area contributed by atoms with E-state index in [2.05, 4.69) is 15.9 Å². The van der Waals surface area contributed by atoms with Gasteiger partial charge < -0.3 is 0 Å². The van der Waals surface area contributed by atoms with Crippen LogP contribution in [0.15, 0.2) is 71.6 Å². The van der Waals surface area contributed by atoms with Gasteiger partial charge in [0.05, 0.1) is 33.4 Å². The Morgan fingerprint density at radius 1 is 1.00 bits per heavy atom. The van der Waals surface area contributed by atoms with Crippen LogP contribution >= 0.6 is 0 Å². The third kappa shape index (κ3) is 3.99. The maximum atomic E-state index is 12.8. The van der Waals surface area contributed by atoms with Crippen LogP contribution in [0.3, 0.4) is 0 Å². The summed E-state index contributed by atoms with van der Waals surface area (Å²) < 4.78 is 30.0. The normalized spacial score (nSPS) is 11.5. The van der Waals surface area contributed by atoms with E-state index in [0.29, 0.717) is 23.6 Å². The van der Waals surface area contributed by atoms with Crippen molar-refractivity contribution in [2.45, 2.75) is 25.3 Å². The van der Waals surface area contributed by atoms with E-state index in [0.717, 1.165) is 28.5 Å². The van der Waals surface area contributed by atoms with Crippen LogP contribution in [0.5, 0.6) is 0 Å². The van der Waals surface area contributed by atoms with Crippen molar-refractivity contribution in [1.82, 2.24) is 9.78 Å². The SMILES string of the molecule is Cc1nn(Cc2cccc3ccccc23)c(C)c1NS(=O)(=O)c1ccc([N+](=O)[O-])cc1. The molecule has 0 aliphatic heterocycles. The maximum absolute atomic E-state index is 12.8. The van der Waals surface area contributed by atoms with E-state index >= 15 is 0 Å². The molecule has 31 heavy (non-hydrogen) atoms. The van der Waals surface area contributed by atoms with E-state index in [1.165, 1.54) is 12.1 Å². The molecule has 1 aromatic heterocycles. The van der Waals surface area contributed by atoms with Gasteiger partial charge >= 0.3 is 0 Å². The van der Waals surface area contributed by atoms with Gasteiger partial charge in [0.1, 0.15) is 0 Å². The van der Waals surface area contributed by atoms with Crippen LogP contribution in [0.2, 0.25) is 0 Å². The molecule has 4 rings (SSSR count). The molecular weight excluding hydrogens is 416 g/mol. The number of hydrogen-bond acceptors (Lipinski definition) is 5. The lowest BCUT2D eigenvalue weighted by atomic mass is 10.0. The first-order valence-corrected chi connectivity index (χ1v) is 11.0. The molecule has 1 N–H and O–H groups in total. The zero-order valence-corrected chi connectivity index (χ0v) is 17.8. The van der Waals surface area contributed by atoms with Crippen molar-refractivity contribution in [3.05, 3.63) is 93.8 Å². The molecule has 0 fully saturated rings. The van der Waals surface area contributed by atoms with Gasteiger partial charge in [0.25, 0.3) is 15.7 Å². The molecule has 0 saturated carbocycles. The second-order valence-corrected chi connectivity index (χ2v) is 8.88. The summed E-state index contributed by atoms with van der Waals surface area (Å²) in [5.74, 6) is 0. The fourth-order valence-corrected chi connectivity index (χ4v) is 4.71. The van der Waals surface area contributed by atoms with E-state index in [1.54, 1.807) is 18.5 Å². The third-order valence-corrected chi connectivity index (χ3v) is 6.54. The van der Waals surface area contributed by atoms with E-state index in [1.807, 2.05) is 36.4 Å². The van der Waals surface area contributed by atoms with Crippen LogP contribution in [0.1, 0.15) is 17.0 Å².